The second-order valence-electron chi connectivity index (χ2n) is 5.82. The first-order valence-corrected chi connectivity index (χ1v) is 8.06. The molecule has 0 bridgehead atoms. The van der Waals surface area contributed by atoms with E-state index in [9.17, 15) is 4.79 Å². The van der Waals surface area contributed by atoms with E-state index >= 15 is 0 Å². The lowest BCUT2D eigenvalue weighted by molar-refractivity contribution is 0.249. The van der Waals surface area contributed by atoms with E-state index in [1.54, 1.807) is 6.20 Å². The van der Waals surface area contributed by atoms with Gasteiger partial charge in [0.15, 0.2) is 0 Å². The van der Waals surface area contributed by atoms with Crippen LogP contribution in [0.15, 0.2) is 48.7 Å². The summed E-state index contributed by atoms with van der Waals surface area (Å²) in [6.07, 6.45) is 4.20. The van der Waals surface area contributed by atoms with Gasteiger partial charge in [-0.25, -0.2) is 4.79 Å². The standard InChI is InChI=1S/C18H22N4O/c1-14(17-9-2-3-10-19-17)20-18(23)21-15-7-6-8-16(13-15)22-11-4-5-12-22/h2-3,6-10,13-14H,4-5,11-12H2,1H3,(H2,20,21,23)/t14-/m0/s1. The van der Waals surface area contributed by atoms with Crippen LogP contribution in [0.25, 0.3) is 0 Å². The predicted octanol–water partition coefficient (Wildman–Crippen LogP) is 3.56. The summed E-state index contributed by atoms with van der Waals surface area (Å²) >= 11 is 0. The minimum absolute atomic E-state index is 0.141. The van der Waals surface area contributed by atoms with Crippen LogP contribution >= 0.6 is 0 Å². The summed E-state index contributed by atoms with van der Waals surface area (Å²) in [6.45, 7) is 4.10. The largest absolute Gasteiger partial charge is 0.371 e. The quantitative estimate of drug-likeness (QED) is 0.907. The molecule has 5 heteroatoms. The molecule has 1 atom stereocenters. The van der Waals surface area contributed by atoms with E-state index in [-0.39, 0.29) is 12.1 Å². The Morgan fingerprint density at radius 2 is 2.00 bits per heavy atom. The van der Waals surface area contributed by atoms with E-state index in [2.05, 4.69) is 26.6 Å². The molecular weight excluding hydrogens is 288 g/mol. The Balaban J connectivity index is 1.60. The number of anilines is 2. The van der Waals surface area contributed by atoms with Gasteiger partial charge in [-0.05, 0) is 50.1 Å². The van der Waals surface area contributed by atoms with Crippen LogP contribution in [-0.4, -0.2) is 24.1 Å². The van der Waals surface area contributed by atoms with Gasteiger partial charge in [0.25, 0.3) is 0 Å². The van der Waals surface area contributed by atoms with Crippen LogP contribution in [0.5, 0.6) is 0 Å². The zero-order valence-electron chi connectivity index (χ0n) is 13.3. The highest BCUT2D eigenvalue weighted by molar-refractivity contribution is 5.90. The van der Waals surface area contributed by atoms with Gasteiger partial charge in [0.2, 0.25) is 0 Å². The first kappa shape index (κ1) is 15.3. The summed E-state index contributed by atoms with van der Waals surface area (Å²) in [5, 5.41) is 5.81. The SMILES string of the molecule is C[C@H](NC(=O)Nc1cccc(N2CCCC2)c1)c1ccccn1. The molecule has 1 aromatic carbocycles. The molecular formula is C18H22N4O. The van der Waals surface area contributed by atoms with E-state index < -0.39 is 0 Å². The Morgan fingerprint density at radius 3 is 2.74 bits per heavy atom. The Bertz CT molecular complexity index is 653. The molecule has 1 aromatic heterocycles. The number of hydrogen-bond donors (Lipinski definition) is 2. The Hall–Kier alpha value is -2.56. The molecule has 2 heterocycles. The van der Waals surface area contributed by atoms with Crippen molar-refractivity contribution >= 4 is 17.4 Å². The van der Waals surface area contributed by atoms with Crippen molar-refractivity contribution in [1.29, 1.82) is 0 Å². The molecule has 2 N–H and O–H groups in total. The van der Waals surface area contributed by atoms with E-state index in [4.69, 9.17) is 0 Å². The van der Waals surface area contributed by atoms with Crippen LogP contribution in [0.3, 0.4) is 0 Å². The molecule has 2 amide bonds. The second-order valence-corrected chi connectivity index (χ2v) is 5.82. The fourth-order valence-corrected chi connectivity index (χ4v) is 2.83. The van der Waals surface area contributed by atoms with Crippen molar-refractivity contribution in [2.75, 3.05) is 23.3 Å². The number of carbonyl (C=O) groups is 1. The zero-order chi connectivity index (χ0) is 16.1. The molecule has 120 valence electrons. The Morgan fingerprint density at radius 1 is 1.17 bits per heavy atom. The van der Waals surface area contributed by atoms with Crippen LogP contribution in [-0.2, 0) is 0 Å². The number of amides is 2. The van der Waals surface area contributed by atoms with Gasteiger partial charge < -0.3 is 15.5 Å². The maximum absolute atomic E-state index is 12.2. The lowest BCUT2D eigenvalue weighted by Crippen LogP contribution is -2.31. The molecule has 1 saturated heterocycles. The molecule has 0 unspecified atom stereocenters. The van der Waals surface area contributed by atoms with Crippen molar-refractivity contribution in [3.05, 3.63) is 54.4 Å². The number of aromatic nitrogens is 1. The zero-order valence-corrected chi connectivity index (χ0v) is 13.3. The minimum atomic E-state index is -0.221. The third kappa shape index (κ3) is 4.00. The predicted molar refractivity (Wildman–Crippen MR) is 92.7 cm³/mol. The molecule has 0 radical (unpaired) electrons. The number of hydrogen-bond acceptors (Lipinski definition) is 3. The third-order valence-electron chi connectivity index (χ3n) is 4.05. The van der Waals surface area contributed by atoms with Crippen molar-refractivity contribution in [2.24, 2.45) is 0 Å². The van der Waals surface area contributed by atoms with Crippen LogP contribution in [0.4, 0.5) is 16.2 Å². The smallest absolute Gasteiger partial charge is 0.319 e. The molecule has 0 spiro atoms. The van der Waals surface area contributed by atoms with Gasteiger partial charge in [-0.15, -0.1) is 0 Å². The molecule has 1 fully saturated rings. The first-order chi connectivity index (χ1) is 11.2. The summed E-state index contributed by atoms with van der Waals surface area (Å²) in [5.74, 6) is 0. The average molecular weight is 310 g/mol. The molecule has 23 heavy (non-hydrogen) atoms. The van der Waals surface area contributed by atoms with Crippen LogP contribution in [0.1, 0.15) is 31.5 Å². The number of carbonyl (C=O) groups excluding carboxylic acids is 1. The topological polar surface area (TPSA) is 57.3 Å². The lowest BCUT2D eigenvalue weighted by atomic mass is 10.2. The number of urea groups is 1. The van der Waals surface area contributed by atoms with Crippen molar-refractivity contribution < 1.29 is 4.79 Å². The van der Waals surface area contributed by atoms with Gasteiger partial charge in [-0.3, -0.25) is 4.98 Å². The van der Waals surface area contributed by atoms with Crippen LogP contribution < -0.4 is 15.5 Å². The summed E-state index contributed by atoms with van der Waals surface area (Å²) in [5.41, 5.74) is 2.81. The first-order valence-electron chi connectivity index (χ1n) is 8.06. The molecule has 0 saturated carbocycles. The second kappa shape index (κ2) is 7.13. The summed E-state index contributed by atoms with van der Waals surface area (Å²) < 4.78 is 0. The van der Waals surface area contributed by atoms with Gasteiger partial charge in [0.05, 0.1) is 11.7 Å². The number of rotatable bonds is 4. The maximum atomic E-state index is 12.2. The number of nitrogens with one attached hydrogen (secondary N) is 2. The summed E-state index contributed by atoms with van der Waals surface area (Å²) in [4.78, 5) is 18.8. The fourth-order valence-electron chi connectivity index (χ4n) is 2.83. The van der Waals surface area contributed by atoms with Crippen LogP contribution in [0.2, 0.25) is 0 Å². The number of pyridine rings is 1. The number of nitrogens with zero attached hydrogens (tertiary/aromatic N) is 2. The van der Waals surface area contributed by atoms with E-state index in [1.165, 1.54) is 12.8 Å². The van der Waals surface area contributed by atoms with Gasteiger partial charge in [-0.2, -0.15) is 0 Å². The van der Waals surface area contributed by atoms with Crippen LogP contribution in [0, 0.1) is 0 Å². The molecule has 3 rings (SSSR count). The highest BCUT2D eigenvalue weighted by atomic mass is 16.2. The molecule has 1 aliphatic rings. The van der Waals surface area contributed by atoms with Gasteiger partial charge in [-0.1, -0.05) is 12.1 Å². The van der Waals surface area contributed by atoms with Crippen molar-refractivity contribution in [1.82, 2.24) is 10.3 Å². The van der Waals surface area contributed by atoms with Crippen molar-refractivity contribution in [2.45, 2.75) is 25.8 Å². The molecule has 2 aromatic rings. The van der Waals surface area contributed by atoms with E-state index in [1.807, 2.05) is 43.3 Å². The molecule has 5 nitrogen and oxygen atoms in total. The lowest BCUT2D eigenvalue weighted by Gasteiger charge is -2.19. The van der Waals surface area contributed by atoms with Gasteiger partial charge in [0, 0.05) is 30.7 Å². The van der Waals surface area contributed by atoms with Crippen molar-refractivity contribution in [3.8, 4) is 0 Å². The Kier molecular flexibility index (Phi) is 4.76. The maximum Gasteiger partial charge on any atom is 0.319 e. The van der Waals surface area contributed by atoms with Crippen molar-refractivity contribution in [3.63, 3.8) is 0 Å². The third-order valence-corrected chi connectivity index (χ3v) is 4.05. The van der Waals surface area contributed by atoms with E-state index in [0.29, 0.717) is 0 Å². The molecule has 1 aliphatic heterocycles. The summed E-state index contributed by atoms with van der Waals surface area (Å²) in [6, 6.07) is 13.3. The monoisotopic (exact) mass is 310 g/mol. The normalized spacial score (nSPS) is 15.3. The fraction of sp³-hybridized carbons (Fsp3) is 0.333. The highest BCUT2D eigenvalue weighted by Gasteiger charge is 2.14. The number of benzene rings is 1. The minimum Gasteiger partial charge on any atom is -0.371 e. The highest BCUT2D eigenvalue weighted by Crippen LogP contribution is 2.23. The van der Waals surface area contributed by atoms with Gasteiger partial charge >= 0.3 is 6.03 Å². The average Bonchev–Trinajstić information content (AvgIpc) is 3.10. The molecule has 0 aliphatic carbocycles. The van der Waals surface area contributed by atoms with E-state index in [0.717, 1.165) is 30.2 Å². The Labute approximate surface area is 136 Å². The van der Waals surface area contributed by atoms with Gasteiger partial charge in [0.1, 0.15) is 0 Å². The summed E-state index contributed by atoms with van der Waals surface area (Å²) in [7, 11) is 0.